The van der Waals surface area contributed by atoms with Crippen LogP contribution < -0.4 is 10.1 Å². The van der Waals surface area contributed by atoms with Gasteiger partial charge in [-0.15, -0.1) is 0 Å². The van der Waals surface area contributed by atoms with Gasteiger partial charge in [0.15, 0.2) is 0 Å². The summed E-state index contributed by atoms with van der Waals surface area (Å²) in [5.74, 6) is 0.899. The predicted octanol–water partition coefficient (Wildman–Crippen LogP) is 7.01. The third-order valence-corrected chi connectivity index (χ3v) is 8.88. The van der Waals surface area contributed by atoms with Crippen molar-refractivity contribution in [3.63, 3.8) is 0 Å². The van der Waals surface area contributed by atoms with E-state index in [2.05, 4.69) is 5.32 Å². The first kappa shape index (κ1) is 31.6. The summed E-state index contributed by atoms with van der Waals surface area (Å²) in [6.45, 7) is 5.21. The predicted molar refractivity (Wildman–Crippen MR) is 167 cm³/mol. The lowest BCUT2D eigenvalue weighted by molar-refractivity contribution is -0.137. The number of halogens is 3. The lowest BCUT2D eigenvalue weighted by Gasteiger charge is -2.32. The van der Waals surface area contributed by atoms with Gasteiger partial charge in [0.1, 0.15) is 11.5 Å². The minimum Gasteiger partial charge on any atom is -0.457 e. The Kier molecular flexibility index (Phi) is 9.30. The Morgan fingerprint density at radius 3 is 2.30 bits per heavy atom. The lowest BCUT2D eigenvalue weighted by atomic mass is 9.96. The van der Waals surface area contributed by atoms with Gasteiger partial charge in [-0.2, -0.15) is 18.3 Å². The van der Waals surface area contributed by atoms with Crippen LogP contribution in [0.5, 0.6) is 11.5 Å². The van der Waals surface area contributed by atoms with Crippen molar-refractivity contribution in [3.8, 4) is 11.5 Å². The highest BCUT2D eigenvalue weighted by atomic mass is 19.4. The number of fused-ring (bicyclic) bond motifs is 1. The fourth-order valence-electron chi connectivity index (χ4n) is 6.17. The van der Waals surface area contributed by atoms with Crippen LogP contribution in [0.2, 0.25) is 0 Å². The molecule has 46 heavy (non-hydrogen) atoms. The van der Waals surface area contributed by atoms with Crippen molar-refractivity contribution >= 4 is 22.7 Å². The molecule has 2 saturated heterocycles. The first-order valence-corrected chi connectivity index (χ1v) is 15.7. The highest BCUT2D eigenvalue weighted by molar-refractivity contribution is 6.00. The maximum atomic E-state index is 13.2. The Morgan fingerprint density at radius 1 is 0.957 bits per heavy atom. The zero-order chi connectivity index (χ0) is 32.3. The maximum absolute atomic E-state index is 13.2. The largest absolute Gasteiger partial charge is 0.457 e. The minimum absolute atomic E-state index is 0.0687. The molecule has 1 aromatic heterocycles. The van der Waals surface area contributed by atoms with E-state index in [1.807, 2.05) is 34.8 Å². The van der Waals surface area contributed by atoms with Gasteiger partial charge in [-0.05, 0) is 111 Å². The van der Waals surface area contributed by atoms with Crippen LogP contribution in [0.25, 0.3) is 10.9 Å². The zero-order valence-electron chi connectivity index (χ0n) is 25.7. The third kappa shape index (κ3) is 7.36. The fourth-order valence-corrected chi connectivity index (χ4v) is 6.17. The zero-order valence-corrected chi connectivity index (χ0v) is 25.7. The highest BCUT2D eigenvalue weighted by Gasteiger charge is 2.30. The number of piperidine rings is 1. The Morgan fingerprint density at radius 2 is 1.65 bits per heavy atom. The van der Waals surface area contributed by atoms with Gasteiger partial charge in [-0.1, -0.05) is 0 Å². The molecule has 242 valence electrons. The van der Waals surface area contributed by atoms with Crippen molar-refractivity contribution in [3.05, 3.63) is 89.1 Å². The minimum atomic E-state index is -4.41. The number of ether oxygens (including phenoxy) is 2. The summed E-state index contributed by atoms with van der Waals surface area (Å²) in [5.41, 5.74) is 2.19. The van der Waals surface area contributed by atoms with Gasteiger partial charge < -0.3 is 19.7 Å². The molecule has 3 heterocycles. The second kappa shape index (κ2) is 13.5. The number of carbonyl (C=O) groups is 2. The highest BCUT2D eigenvalue weighted by Crippen LogP contribution is 2.32. The number of benzene rings is 3. The average Bonchev–Trinajstić information content (AvgIpc) is 3.48. The molecule has 11 heteroatoms. The van der Waals surface area contributed by atoms with E-state index in [1.54, 1.807) is 24.3 Å². The van der Waals surface area contributed by atoms with Crippen LogP contribution in [0, 0.1) is 12.8 Å². The second-order valence-electron chi connectivity index (χ2n) is 12.1. The number of aryl methyl sites for hydroxylation is 1. The van der Waals surface area contributed by atoms with Crippen molar-refractivity contribution in [2.45, 2.75) is 57.9 Å². The van der Waals surface area contributed by atoms with Gasteiger partial charge in [-0.3, -0.25) is 14.3 Å². The van der Waals surface area contributed by atoms with Gasteiger partial charge in [0.05, 0.1) is 17.2 Å². The molecule has 1 atom stereocenters. The molecular formula is C35H37F3N4O4. The quantitative estimate of drug-likeness (QED) is 0.226. The Balaban J connectivity index is 1.00. The molecule has 3 aromatic carbocycles. The molecule has 6 rings (SSSR count). The first-order chi connectivity index (χ1) is 22.1. The standard InChI is InChI=1S/C35H37F3N4O4/c1-23-30(33(43)39-20-29-4-2-3-19-45-29)13-14-32-31(23)22-42(40-32)21-24-15-17-41(18-16-24)34(44)25-5-9-27(10-6-25)46-28-11-7-26(8-12-28)35(36,37)38/h5-14,22,24,29H,2-4,15-21H2,1H3,(H,39,43)/t29-/m0/s1. The molecule has 8 nitrogen and oxygen atoms in total. The molecule has 2 aliphatic rings. The molecule has 0 aliphatic carbocycles. The molecule has 4 aromatic rings. The van der Waals surface area contributed by atoms with E-state index in [0.29, 0.717) is 42.4 Å². The molecule has 0 bridgehead atoms. The van der Waals surface area contributed by atoms with Crippen molar-refractivity contribution in [2.24, 2.45) is 5.92 Å². The number of nitrogens with one attached hydrogen (secondary N) is 1. The number of rotatable bonds is 8. The average molecular weight is 635 g/mol. The summed E-state index contributed by atoms with van der Waals surface area (Å²) in [6.07, 6.45) is 2.54. The van der Waals surface area contributed by atoms with E-state index >= 15 is 0 Å². The molecular weight excluding hydrogens is 597 g/mol. The van der Waals surface area contributed by atoms with Gasteiger partial charge in [-0.25, -0.2) is 0 Å². The Bertz CT molecular complexity index is 1670. The summed E-state index contributed by atoms with van der Waals surface area (Å²) in [6, 6.07) is 14.8. The number of hydrogen-bond acceptors (Lipinski definition) is 5. The van der Waals surface area contributed by atoms with E-state index in [4.69, 9.17) is 14.6 Å². The van der Waals surface area contributed by atoms with Crippen LogP contribution in [-0.2, 0) is 17.5 Å². The molecule has 1 N–H and O–H groups in total. The van der Waals surface area contributed by atoms with Crippen LogP contribution in [0.4, 0.5) is 13.2 Å². The molecule has 0 unspecified atom stereocenters. The van der Waals surface area contributed by atoms with E-state index < -0.39 is 11.7 Å². The third-order valence-electron chi connectivity index (χ3n) is 8.88. The number of alkyl halides is 3. The number of aromatic nitrogens is 2. The number of hydrogen-bond donors (Lipinski definition) is 1. The number of nitrogens with zero attached hydrogens (tertiary/aromatic N) is 3. The SMILES string of the molecule is Cc1c(C(=O)NC[C@@H]2CCCCO2)ccc2nn(CC3CCN(C(=O)c4ccc(Oc5ccc(C(F)(F)F)cc5)cc4)CC3)cc12. The van der Waals surface area contributed by atoms with Crippen molar-refractivity contribution in [2.75, 3.05) is 26.2 Å². The molecule has 2 aliphatic heterocycles. The molecule has 0 saturated carbocycles. The number of carbonyl (C=O) groups excluding carboxylic acids is 2. The first-order valence-electron chi connectivity index (χ1n) is 15.7. The van der Waals surface area contributed by atoms with Gasteiger partial charge in [0.2, 0.25) is 0 Å². The van der Waals surface area contributed by atoms with E-state index in [0.717, 1.165) is 73.9 Å². The van der Waals surface area contributed by atoms with Crippen LogP contribution in [0.1, 0.15) is 63.9 Å². The van der Waals surface area contributed by atoms with Crippen molar-refractivity contribution in [1.29, 1.82) is 0 Å². The van der Waals surface area contributed by atoms with Gasteiger partial charge >= 0.3 is 6.18 Å². The van der Waals surface area contributed by atoms with Crippen LogP contribution >= 0.6 is 0 Å². The molecule has 0 spiro atoms. The summed E-state index contributed by atoms with van der Waals surface area (Å²) in [5, 5.41) is 8.75. The molecule has 2 amide bonds. The summed E-state index contributed by atoms with van der Waals surface area (Å²) in [7, 11) is 0. The smallest absolute Gasteiger partial charge is 0.416 e. The second-order valence-corrected chi connectivity index (χ2v) is 12.1. The van der Waals surface area contributed by atoms with Crippen LogP contribution in [-0.4, -0.2) is 58.8 Å². The number of likely N-dealkylation sites (tertiary alicyclic amines) is 1. The summed E-state index contributed by atoms with van der Waals surface area (Å²) in [4.78, 5) is 27.9. The van der Waals surface area contributed by atoms with Crippen molar-refractivity contribution in [1.82, 2.24) is 20.0 Å². The number of amides is 2. The molecule has 0 radical (unpaired) electrons. The Hall–Kier alpha value is -4.38. The topological polar surface area (TPSA) is 85.7 Å². The summed E-state index contributed by atoms with van der Waals surface area (Å²) < 4.78 is 51.7. The Labute approximate surface area is 265 Å². The monoisotopic (exact) mass is 634 g/mol. The van der Waals surface area contributed by atoms with Gasteiger partial charge in [0.25, 0.3) is 11.8 Å². The van der Waals surface area contributed by atoms with Crippen molar-refractivity contribution < 1.29 is 32.2 Å². The van der Waals surface area contributed by atoms with E-state index in [1.165, 1.54) is 12.1 Å². The molecule has 2 fully saturated rings. The van der Waals surface area contributed by atoms with Gasteiger partial charge in [0, 0.05) is 55.5 Å². The van der Waals surface area contributed by atoms with E-state index in [9.17, 15) is 22.8 Å². The summed E-state index contributed by atoms with van der Waals surface area (Å²) >= 11 is 0. The fraction of sp³-hybridized carbons (Fsp3) is 0.400. The van der Waals surface area contributed by atoms with E-state index in [-0.39, 0.29) is 23.7 Å². The maximum Gasteiger partial charge on any atom is 0.416 e. The van der Waals surface area contributed by atoms with Crippen LogP contribution in [0.15, 0.2) is 66.9 Å². The van der Waals surface area contributed by atoms with Crippen LogP contribution in [0.3, 0.4) is 0 Å². The normalized spacial score (nSPS) is 17.7. The lowest BCUT2D eigenvalue weighted by Crippen LogP contribution is -2.39.